The van der Waals surface area contributed by atoms with Crippen molar-refractivity contribution in [3.8, 4) is 5.75 Å². The molecule has 0 heterocycles. The molecule has 1 amide bonds. The second-order valence-corrected chi connectivity index (χ2v) is 7.32. The van der Waals surface area contributed by atoms with Crippen LogP contribution in [-0.2, 0) is 15.6 Å². The molecule has 0 fully saturated rings. The lowest BCUT2D eigenvalue weighted by atomic mass is 10.1. The van der Waals surface area contributed by atoms with Gasteiger partial charge in [-0.1, -0.05) is 23.7 Å². The van der Waals surface area contributed by atoms with E-state index in [4.69, 9.17) is 16.3 Å². The molecule has 0 aliphatic rings. The molecule has 0 unspecified atom stereocenters. The van der Waals surface area contributed by atoms with E-state index >= 15 is 0 Å². The fourth-order valence-corrected chi connectivity index (χ4v) is 2.65. The summed E-state index contributed by atoms with van der Waals surface area (Å²) in [6.45, 7) is 3.34. The Kier molecular flexibility index (Phi) is 5.44. The van der Waals surface area contributed by atoms with Gasteiger partial charge in [-0.3, -0.25) is 9.00 Å². The maximum absolute atomic E-state index is 12.5. The molecule has 6 heteroatoms. The zero-order chi connectivity index (χ0) is 17.0. The van der Waals surface area contributed by atoms with Crippen LogP contribution in [0.25, 0.3) is 0 Å². The van der Waals surface area contributed by atoms with Gasteiger partial charge in [-0.05, 0) is 50.2 Å². The minimum atomic E-state index is -1.11. The molecule has 0 saturated carbocycles. The van der Waals surface area contributed by atoms with E-state index in [0.29, 0.717) is 21.4 Å². The lowest BCUT2D eigenvalue weighted by Crippen LogP contribution is -2.42. The van der Waals surface area contributed by atoms with E-state index in [2.05, 4.69) is 5.32 Å². The second kappa shape index (κ2) is 7.15. The van der Waals surface area contributed by atoms with Crippen LogP contribution in [0.2, 0.25) is 5.02 Å². The highest BCUT2D eigenvalue weighted by molar-refractivity contribution is 7.84. The van der Waals surface area contributed by atoms with Gasteiger partial charge in [-0.15, -0.1) is 0 Å². The molecule has 0 saturated heterocycles. The first-order valence-electron chi connectivity index (χ1n) is 6.97. The zero-order valence-electron chi connectivity index (χ0n) is 13.1. The predicted molar refractivity (Wildman–Crippen MR) is 93.6 cm³/mol. The molecule has 23 heavy (non-hydrogen) atoms. The topological polar surface area (TPSA) is 55.4 Å². The Morgan fingerprint density at radius 3 is 2.52 bits per heavy atom. The van der Waals surface area contributed by atoms with Crippen LogP contribution in [0.5, 0.6) is 5.75 Å². The van der Waals surface area contributed by atoms with Gasteiger partial charge < -0.3 is 10.1 Å². The summed E-state index contributed by atoms with van der Waals surface area (Å²) in [5, 5.41) is 3.32. The van der Waals surface area contributed by atoms with Gasteiger partial charge in [0.1, 0.15) is 5.75 Å². The third-order valence-electron chi connectivity index (χ3n) is 3.14. The lowest BCUT2D eigenvalue weighted by molar-refractivity contribution is -0.128. The van der Waals surface area contributed by atoms with Gasteiger partial charge >= 0.3 is 0 Å². The standard InChI is InChI=1S/C17H18ClNO3S/c1-17(2,22-14-8-4-6-12(18)10-14)16(20)19-13-7-5-9-15(11-13)23(3)21/h4-11H,1-3H3,(H,19,20)/t23-/m1/s1. The van der Waals surface area contributed by atoms with Crippen LogP contribution in [0.15, 0.2) is 53.4 Å². The predicted octanol–water partition coefficient (Wildman–Crippen LogP) is 3.87. The van der Waals surface area contributed by atoms with Gasteiger partial charge in [-0.2, -0.15) is 0 Å². The fraction of sp³-hybridized carbons (Fsp3) is 0.235. The van der Waals surface area contributed by atoms with Crippen molar-refractivity contribution in [3.63, 3.8) is 0 Å². The van der Waals surface area contributed by atoms with Crippen LogP contribution in [0.3, 0.4) is 0 Å². The summed E-state index contributed by atoms with van der Waals surface area (Å²) in [6.07, 6.45) is 1.59. The Morgan fingerprint density at radius 1 is 1.17 bits per heavy atom. The smallest absolute Gasteiger partial charge is 0.267 e. The number of rotatable bonds is 5. The van der Waals surface area contributed by atoms with E-state index in [9.17, 15) is 9.00 Å². The van der Waals surface area contributed by atoms with Crippen LogP contribution in [0.4, 0.5) is 5.69 Å². The molecule has 0 radical (unpaired) electrons. The Labute approximate surface area is 143 Å². The number of benzene rings is 2. The maximum Gasteiger partial charge on any atom is 0.267 e. The molecule has 2 aromatic carbocycles. The first-order chi connectivity index (χ1) is 10.8. The summed E-state index contributed by atoms with van der Waals surface area (Å²) >= 11 is 5.92. The summed E-state index contributed by atoms with van der Waals surface area (Å²) in [4.78, 5) is 13.1. The van der Waals surface area contributed by atoms with Gasteiger partial charge in [0.05, 0.1) is 0 Å². The SMILES string of the molecule is C[S@@](=O)c1cccc(NC(=O)C(C)(C)Oc2cccc(Cl)c2)c1. The van der Waals surface area contributed by atoms with E-state index in [1.54, 1.807) is 68.6 Å². The van der Waals surface area contributed by atoms with E-state index < -0.39 is 16.4 Å². The Bertz CT molecular complexity index is 746. The van der Waals surface area contributed by atoms with Crippen molar-refractivity contribution in [2.75, 3.05) is 11.6 Å². The van der Waals surface area contributed by atoms with Gasteiger partial charge in [0, 0.05) is 32.7 Å². The van der Waals surface area contributed by atoms with Gasteiger partial charge in [0.2, 0.25) is 0 Å². The molecule has 122 valence electrons. The molecule has 0 aromatic heterocycles. The Hall–Kier alpha value is -1.85. The highest BCUT2D eigenvalue weighted by atomic mass is 35.5. The minimum absolute atomic E-state index is 0.309. The lowest BCUT2D eigenvalue weighted by Gasteiger charge is -2.25. The van der Waals surface area contributed by atoms with Crippen LogP contribution >= 0.6 is 11.6 Å². The number of ether oxygens (including phenoxy) is 1. The third-order valence-corrected chi connectivity index (χ3v) is 4.29. The van der Waals surface area contributed by atoms with Crippen molar-refractivity contribution in [2.24, 2.45) is 0 Å². The molecule has 0 spiro atoms. The van der Waals surface area contributed by atoms with E-state index in [1.165, 1.54) is 0 Å². The molecule has 0 aliphatic carbocycles. The number of hydrogen-bond acceptors (Lipinski definition) is 3. The minimum Gasteiger partial charge on any atom is -0.478 e. The number of halogens is 1. The molecular formula is C17H18ClNO3S. The van der Waals surface area contributed by atoms with Crippen LogP contribution in [0, 0.1) is 0 Å². The highest BCUT2D eigenvalue weighted by Gasteiger charge is 2.30. The largest absolute Gasteiger partial charge is 0.478 e. The first-order valence-corrected chi connectivity index (χ1v) is 8.91. The van der Waals surface area contributed by atoms with Gasteiger partial charge in [0.15, 0.2) is 5.60 Å². The second-order valence-electron chi connectivity index (χ2n) is 5.51. The average molecular weight is 352 g/mol. The molecule has 2 aromatic rings. The number of hydrogen-bond donors (Lipinski definition) is 1. The Morgan fingerprint density at radius 2 is 1.87 bits per heavy atom. The molecule has 1 atom stereocenters. The van der Waals surface area contributed by atoms with Crippen LogP contribution < -0.4 is 10.1 Å². The molecule has 0 bridgehead atoms. The summed E-state index contributed by atoms with van der Waals surface area (Å²) < 4.78 is 17.3. The summed E-state index contributed by atoms with van der Waals surface area (Å²) in [5.41, 5.74) is -0.517. The third kappa shape index (κ3) is 4.81. The van der Waals surface area contributed by atoms with Crippen molar-refractivity contribution < 1.29 is 13.7 Å². The van der Waals surface area contributed by atoms with E-state index in [-0.39, 0.29) is 5.91 Å². The summed E-state index contributed by atoms with van der Waals surface area (Å²) in [7, 11) is -1.11. The monoisotopic (exact) mass is 351 g/mol. The molecule has 1 N–H and O–H groups in total. The number of anilines is 1. The normalized spacial score (nSPS) is 12.5. The summed E-state index contributed by atoms with van der Waals surface area (Å²) in [6, 6.07) is 13.8. The Balaban J connectivity index is 2.12. The van der Waals surface area contributed by atoms with Gasteiger partial charge in [0.25, 0.3) is 5.91 Å². The molecular weight excluding hydrogens is 334 g/mol. The number of nitrogens with one attached hydrogen (secondary N) is 1. The molecule has 4 nitrogen and oxygen atoms in total. The number of carbonyl (C=O) groups is 1. The maximum atomic E-state index is 12.5. The molecule has 0 aliphatic heterocycles. The van der Waals surface area contributed by atoms with Crippen molar-refractivity contribution in [3.05, 3.63) is 53.6 Å². The van der Waals surface area contributed by atoms with E-state index in [0.717, 1.165) is 0 Å². The van der Waals surface area contributed by atoms with Crippen LogP contribution in [-0.4, -0.2) is 22.0 Å². The number of carbonyl (C=O) groups excluding carboxylic acids is 1. The molecule has 2 rings (SSSR count). The van der Waals surface area contributed by atoms with Crippen LogP contribution in [0.1, 0.15) is 13.8 Å². The van der Waals surface area contributed by atoms with Crippen molar-refractivity contribution in [1.29, 1.82) is 0 Å². The van der Waals surface area contributed by atoms with Crippen molar-refractivity contribution in [2.45, 2.75) is 24.3 Å². The first kappa shape index (κ1) is 17.5. The van der Waals surface area contributed by atoms with Crippen molar-refractivity contribution >= 4 is 34.0 Å². The highest BCUT2D eigenvalue weighted by Crippen LogP contribution is 2.23. The summed E-state index contributed by atoms with van der Waals surface area (Å²) in [5.74, 6) is 0.206. The van der Waals surface area contributed by atoms with Gasteiger partial charge in [-0.25, -0.2) is 0 Å². The average Bonchev–Trinajstić information content (AvgIpc) is 2.47. The fourth-order valence-electron chi connectivity index (χ4n) is 1.91. The van der Waals surface area contributed by atoms with E-state index in [1.807, 2.05) is 0 Å². The zero-order valence-corrected chi connectivity index (χ0v) is 14.7. The quantitative estimate of drug-likeness (QED) is 0.889. The van der Waals surface area contributed by atoms with Crippen molar-refractivity contribution in [1.82, 2.24) is 0 Å². The number of amides is 1.